The molecule has 1 rings (SSSR count). The van der Waals surface area contributed by atoms with Crippen LogP contribution >= 0.6 is 0 Å². The number of rotatable bonds is 2. The molecule has 1 aromatic heterocycles. The maximum Gasteiger partial charge on any atom is 0.229 e. The second-order valence-corrected chi connectivity index (χ2v) is 3.83. The van der Waals surface area contributed by atoms with E-state index in [1.54, 1.807) is 0 Å². The van der Waals surface area contributed by atoms with E-state index in [1.165, 1.54) is 0 Å². The van der Waals surface area contributed by atoms with Crippen LogP contribution in [0, 0.1) is 11.3 Å². The molecule has 76 valence electrons. The van der Waals surface area contributed by atoms with Crippen molar-refractivity contribution in [3.63, 3.8) is 0 Å². The molecule has 0 spiro atoms. The van der Waals surface area contributed by atoms with Crippen LogP contribution in [0.3, 0.4) is 0 Å². The summed E-state index contributed by atoms with van der Waals surface area (Å²) in [4.78, 5) is 3.85. The van der Waals surface area contributed by atoms with Crippen molar-refractivity contribution in [2.24, 2.45) is 0 Å². The lowest BCUT2D eigenvalue weighted by atomic mass is 10.2. The first kappa shape index (κ1) is 10.5. The number of oxazole rings is 1. The Bertz CT molecular complexity index is 357. The molecule has 0 fully saturated rings. The smallest absolute Gasteiger partial charge is 0.229 e. The van der Waals surface area contributed by atoms with Crippen LogP contribution < -0.4 is 5.73 Å². The van der Waals surface area contributed by atoms with Gasteiger partial charge >= 0.3 is 0 Å². The van der Waals surface area contributed by atoms with Crippen molar-refractivity contribution >= 4 is 5.88 Å². The van der Waals surface area contributed by atoms with Gasteiger partial charge in [-0.1, -0.05) is 0 Å². The fourth-order valence-corrected chi connectivity index (χ4v) is 0.798. The molecule has 0 amide bonds. The van der Waals surface area contributed by atoms with Crippen LogP contribution in [0.15, 0.2) is 4.42 Å². The Morgan fingerprint density at radius 1 is 1.57 bits per heavy atom. The highest BCUT2D eigenvalue weighted by molar-refractivity contribution is 5.40. The Hall–Kier alpha value is -1.54. The fraction of sp³-hybridized carbons (Fsp3) is 0.556. The number of hydrogen-bond donors (Lipinski definition) is 1. The van der Waals surface area contributed by atoms with Crippen LogP contribution in [0.1, 0.15) is 32.4 Å². The molecule has 0 aliphatic carbocycles. The molecule has 0 saturated heterocycles. The number of nitriles is 1. The number of aromatic nitrogens is 1. The van der Waals surface area contributed by atoms with Gasteiger partial charge in [0.25, 0.3) is 0 Å². The summed E-state index contributed by atoms with van der Waals surface area (Å²) < 4.78 is 10.4. The van der Waals surface area contributed by atoms with Crippen LogP contribution in [0.25, 0.3) is 0 Å². The van der Waals surface area contributed by atoms with Crippen molar-refractivity contribution in [1.82, 2.24) is 4.98 Å². The van der Waals surface area contributed by atoms with Crippen molar-refractivity contribution in [2.45, 2.75) is 33.0 Å². The van der Waals surface area contributed by atoms with Crippen molar-refractivity contribution in [2.75, 3.05) is 5.73 Å². The highest BCUT2D eigenvalue weighted by Crippen LogP contribution is 2.15. The molecule has 1 heterocycles. The number of nitrogens with two attached hydrogens (primary N) is 1. The molecule has 0 radical (unpaired) electrons. The topological polar surface area (TPSA) is 85.1 Å². The molecule has 0 bridgehead atoms. The largest absolute Gasteiger partial charge is 0.422 e. The van der Waals surface area contributed by atoms with Gasteiger partial charge in [0, 0.05) is 0 Å². The van der Waals surface area contributed by atoms with Gasteiger partial charge in [0.2, 0.25) is 17.5 Å². The second kappa shape index (κ2) is 3.68. The summed E-state index contributed by atoms with van der Waals surface area (Å²) in [6, 6.07) is 1.83. The first-order valence-electron chi connectivity index (χ1n) is 4.21. The molecule has 0 atom stereocenters. The summed E-state index contributed by atoms with van der Waals surface area (Å²) in [7, 11) is 0. The molecule has 0 aliphatic heterocycles. The number of nitrogen functional groups attached to an aromatic ring is 1. The van der Waals surface area contributed by atoms with Crippen LogP contribution in [0.4, 0.5) is 5.88 Å². The summed E-state index contributed by atoms with van der Waals surface area (Å²) >= 11 is 0. The quantitative estimate of drug-likeness (QED) is 0.771. The van der Waals surface area contributed by atoms with Gasteiger partial charge in [0.05, 0.1) is 5.60 Å². The molecule has 2 N–H and O–H groups in total. The summed E-state index contributed by atoms with van der Waals surface area (Å²) in [5.41, 5.74) is 5.22. The minimum atomic E-state index is -0.268. The molecule has 5 nitrogen and oxygen atoms in total. The van der Waals surface area contributed by atoms with Crippen molar-refractivity contribution in [3.05, 3.63) is 11.6 Å². The Balaban J connectivity index is 2.66. The van der Waals surface area contributed by atoms with Crippen molar-refractivity contribution in [3.8, 4) is 6.07 Å². The lowest BCUT2D eigenvalue weighted by Gasteiger charge is -2.17. The van der Waals surface area contributed by atoms with Gasteiger partial charge in [0.1, 0.15) is 12.7 Å². The predicted octanol–water partition coefficient (Wildman–Crippen LogP) is 1.44. The molecule has 1 aromatic rings. The summed E-state index contributed by atoms with van der Waals surface area (Å²) in [6.45, 7) is 5.98. The molecular weight excluding hydrogens is 182 g/mol. The number of ether oxygens (including phenoxy) is 1. The number of anilines is 1. The number of nitrogens with zero attached hydrogens (tertiary/aromatic N) is 2. The van der Waals surface area contributed by atoms with E-state index in [-0.39, 0.29) is 23.8 Å². The molecule has 0 aromatic carbocycles. The molecule has 0 saturated carbocycles. The first-order valence-corrected chi connectivity index (χ1v) is 4.21. The van der Waals surface area contributed by atoms with Gasteiger partial charge in [-0.05, 0) is 20.8 Å². The summed E-state index contributed by atoms with van der Waals surface area (Å²) in [5.74, 6) is 0.369. The third-order valence-corrected chi connectivity index (χ3v) is 1.43. The molecule has 0 aliphatic rings. The van der Waals surface area contributed by atoms with Crippen LogP contribution in [0.5, 0.6) is 0 Å². The minimum absolute atomic E-state index is 0.0417. The number of hydrogen-bond acceptors (Lipinski definition) is 5. The summed E-state index contributed by atoms with van der Waals surface area (Å²) in [6.07, 6.45) is 0. The lowest BCUT2D eigenvalue weighted by Crippen LogP contribution is -2.18. The zero-order valence-corrected chi connectivity index (χ0v) is 8.50. The standard InChI is InChI=1S/C9H13N3O2/c1-9(2,3)13-5-7-12-6(4-10)8(11)14-7/h5,11H2,1-3H3. The Morgan fingerprint density at radius 2 is 2.21 bits per heavy atom. The van der Waals surface area contributed by atoms with Crippen molar-refractivity contribution in [1.29, 1.82) is 5.26 Å². The van der Waals surface area contributed by atoms with E-state index < -0.39 is 0 Å². The van der Waals surface area contributed by atoms with E-state index >= 15 is 0 Å². The van der Waals surface area contributed by atoms with E-state index in [0.29, 0.717) is 5.89 Å². The maximum atomic E-state index is 8.57. The van der Waals surface area contributed by atoms with Crippen LogP contribution in [-0.4, -0.2) is 10.6 Å². The monoisotopic (exact) mass is 195 g/mol. The lowest BCUT2D eigenvalue weighted by molar-refractivity contribution is -0.0241. The van der Waals surface area contributed by atoms with E-state index in [4.69, 9.17) is 20.1 Å². The van der Waals surface area contributed by atoms with Crippen molar-refractivity contribution < 1.29 is 9.15 Å². The van der Waals surface area contributed by atoms with E-state index in [1.807, 2.05) is 26.8 Å². The van der Waals surface area contributed by atoms with Gasteiger partial charge in [0.15, 0.2) is 0 Å². The maximum absolute atomic E-state index is 8.57. The minimum Gasteiger partial charge on any atom is -0.422 e. The predicted molar refractivity (Wildman–Crippen MR) is 50.2 cm³/mol. The average Bonchev–Trinajstić information content (AvgIpc) is 2.42. The molecule has 14 heavy (non-hydrogen) atoms. The Labute approximate surface area is 82.5 Å². The van der Waals surface area contributed by atoms with Gasteiger partial charge in [-0.2, -0.15) is 10.2 Å². The zero-order valence-electron chi connectivity index (χ0n) is 8.50. The molecule has 5 heteroatoms. The molecule has 0 unspecified atom stereocenters. The van der Waals surface area contributed by atoms with E-state index in [0.717, 1.165) is 0 Å². The second-order valence-electron chi connectivity index (χ2n) is 3.83. The Morgan fingerprint density at radius 3 is 2.64 bits per heavy atom. The SMILES string of the molecule is CC(C)(C)OCc1nc(C#N)c(N)o1. The van der Waals surface area contributed by atoms with E-state index in [2.05, 4.69) is 4.98 Å². The van der Waals surface area contributed by atoms with Gasteiger partial charge in [-0.15, -0.1) is 0 Å². The zero-order chi connectivity index (χ0) is 10.8. The van der Waals surface area contributed by atoms with Gasteiger partial charge in [-0.3, -0.25) is 0 Å². The highest BCUT2D eigenvalue weighted by Gasteiger charge is 2.14. The normalized spacial score (nSPS) is 11.3. The van der Waals surface area contributed by atoms with Crippen LogP contribution in [-0.2, 0) is 11.3 Å². The third kappa shape index (κ3) is 2.75. The third-order valence-electron chi connectivity index (χ3n) is 1.43. The first-order chi connectivity index (χ1) is 6.42. The van der Waals surface area contributed by atoms with Gasteiger partial charge in [-0.25, -0.2) is 0 Å². The van der Waals surface area contributed by atoms with Crippen LogP contribution in [0.2, 0.25) is 0 Å². The van der Waals surface area contributed by atoms with Gasteiger partial charge < -0.3 is 14.9 Å². The van der Waals surface area contributed by atoms with E-state index in [9.17, 15) is 0 Å². The summed E-state index contributed by atoms with van der Waals surface area (Å²) in [5, 5.41) is 8.57. The fourth-order valence-electron chi connectivity index (χ4n) is 0.798. The average molecular weight is 195 g/mol. The Kier molecular flexibility index (Phi) is 2.77. The highest BCUT2D eigenvalue weighted by atomic mass is 16.5. The molecular formula is C9H13N3O2.